The normalized spacial score (nSPS) is 21.3. The molecule has 6 nitrogen and oxygen atoms in total. The maximum atomic E-state index is 12.3. The molecule has 1 amide bonds. The summed E-state index contributed by atoms with van der Waals surface area (Å²) in [6.45, 7) is 4.59. The zero-order valence-electron chi connectivity index (χ0n) is 13.0. The molecule has 7 heteroatoms. The third kappa shape index (κ3) is 4.06. The van der Waals surface area contributed by atoms with E-state index in [1.165, 1.54) is 19.2 Å². The van der Waals surface area contributed by atoms with Crippen LogP contribution in [0.2, 0.25) is 0 Å². The summed E-state index contributed by atoms with van der Waals surface area (Å²) in [5.41, 5.74) is 0.0775. The van der Waals surface area contributed by atoms with Gasteiger partial charge in [0, 0.05) is 18.2 Å². The van der Waals surface area contributed by atoms with Crippen LogP contribution in [0.25, 0.3) is 0 Å². The van der Waals surface area contributed by atoms with E-state index in [-0.39, 0.29) is 22.4 Å². The van der Waals surface area contributed by atoms with Gasteiger partial charge < -0.3 is 10.1 Å². The van der Waals surface area contributed by atoms with E-state index in [2.05, 4.69) is 10.0 Å². The number of hydrogen-bond donors (Lipinski definition) is 2. The molecule has 22 heavy (non-hydrogen) atoms. The molecule has 0 saturated carbocycles. The lowest BCUT2D eigenvalue weighted by atomic mass is 9.94. The van der Waals surface area contributed by atoms with Crippen LogP contribution in [-0.4, -0.2) is 39.6 Å². The van der Waals surface area contributed by atoms with Gasteiger partial charge in [-0.05, 0) is 51.9 Å². The molecule has 2 N–H and O–H groups in total. The Balaban J connectivity index is 2.12. The third-order valence-corrected chi connectivity index (χ3v) is 5.12. The molecule has 1 aliphatic heterocycles. The molecule has 0 unspecified atom stereocenters. The number of hydrogen-bond acceptors (Lipinski definition) is 4. The third-order valence-electron chi connectivity index (χ3n) is 3.71. The van der Waals surface area contributed by atoms with Gasteiger partial charge in [-0.2, -0.15) is 0 Å². The van der Waals surface area contributed by atoms with Gasteiger partial charge in [0.1, 0.15) is 0 Å². The molecule has 0 radical (unpaired) electrons. The number of carbonyl (C=O) groups excluding carboxylic acids is 1. The number of sulfonamides is 1. The van der Waals surface area contributed by atoms with E-state index >= 15 is 0 Å². The first-order valence-corrected chi connectivity index (χ1v) is 8.70. The average molecular weight is 326 g/mol. The van der Waals surface area contributed by atoms with Crippen molar-refractivity contribution >= 4 is 15.9 Å². The standard InChI is InChI=1S/C15H22N2O4S/c1-15(2)10-12(7-8-21-15)17-14(18)11-5-4-6-13(9-11)22(19,20)16-3/h4-6,9,12,16H,7-8,10H2,1-3H3,(H,17,18)/t12-/m0/s1. The van der Waals surface area contributed by atoms with Crippen LogP contribution >= 0.6 is 0 Å². The zero-order chi connectivity index (χ0) is 16.4. The van der Waals surface area contributed by atoms with Crippen LogP contribution in [0.15, 0.2) is 29.2 Å². The van der Waals surface area contributed by atoms with Crippen LogP contribution in [0.4, 0.5) is 0 Å². The van der Waals surface area contributed by atoms with Crippen molar-refractivity contribution in [2.45, 2.75) is 43.2 Å². The van der Waals surface area contributed by atoms with E-state index in [1.807, 2.05) is 13.8 Å². The second-order valence-electron chi connectivity index (χ2n) is 6.01. The molecule has 1 heterocycles. The monoisotopic (exact) mass is 326 g/mol. The van der Waals surface area contributed by atoms with E-state index in [1.54, 1.807) is 12.1 Å². The summed E-state index contributed by atoms with van der Waals surface area (Å²) in [5.74, 6) is -0.268. The van der Waals surface area contributed by atoms with Crippen molar-refractivity contribution in [1.82, 2.24) is 10.0 Å². The van der Waals surface area contributed by atoms with Crippen LogP contribution in [0.3, 0.4) is 0 Å². The lowest BCUT2D eigenvalue weighted by Gasteiger charge is -2.35. The van der Waals surface area contributed by atoms with Gasteiger partial charge in [-0.15, -0.1) is 0 Å². The van der Waals surface area contributed by atoms with Crippen molar-refractivity contribution in [2.75, 3.05) is 13.7 Å². The maximum Gasteiger partial charge on any atom is 0.251 e. The number of nitrogens with one attached hydrogen (secondary N) is 2. The molecule has 0 aromatic heterocycles. The summed E-state index contributed by atoms with van der Waals surface area (Å²) in [4.78, 5) is 12.4. The summed E-state index contributed by atoms with van der Waals surface area (Å²) in [6, 6.07) is 6.04. The SMILES string of the molecule is CNS(=O)(=O)c1cccc(C(=O)N[C@H]2CCOC(C)(C)C2)c1. The van der Waals surface area contributed by atoms with Gasteiger partial charge in [0.05, 0.1) is 10.5 Å². The Labute approximate surface area is 131 Å². The molecule has 1 fully saturated rings. The highest BCUT2D eigenvalue weighted by Gasteiger charge is 2.29. The number of benzene rings is 1. The molecule has 0 bridgehead atoms. The van der Waals surface area contributed by atoms with Gasteiger partial charge in [-0.3, -0.25) is 4.79 Å². The van der Waals surface area contributed by atoms with E-state index in [0.29, 0.717) is 12.2 Å². The first-order valence-electron chi connectivity index (χ1n) is 7.22. The van der Waals surface area contributed by atoms with E-state index in [9.17, 15) is 13.2 Å². The number of carbonyl (C=O) groups is 1. The summed E-state index contributed by atoms with van der Waals surface area (Å²) in [5, 5.41) is 2.95. The minimum absolute atomic E-state index is 0.0285. The van der Waals surface area contributed by atoms with Crippen molar-refractivity contribution in [3.05, 3.63) is 29.8 Å². The summed E-state index contributed by atoms with van der Waals surface area (Å²) in [6.07, 6.45) is 1.48. The topological polar surface area (TPSA) is 84.5 Å². The van der Waals surface area contributed by atoms with E-state index in [0.717, 1.165) is 12.8 Å². The van der Waals surface area contributed by atoms with Gasteiger partial charge >= 0.3 is 0 Å². The molecule has 1 aromatic rings. The zero-order valence-corrected chi connectivity index (χ0v) is 13.9. The van der Waals surface area contributed by atoms with Gasteiger partial charge in [0.2, 0.25) is 10.0 Å². The van der Waals surface area contributed by atoms with E-state index in [4.69, 9.17) is 4.74 Å². The number of amides is 1. The van der Waals surface area contributed by atoms with Crippen LogP contribution < -0.4 is 10.0 Å². The predicted molar refractivity (Wildman–Crippen MR) is 83.2 cm³/mol. The second-order valence-corrected chi connectivity index (χ2v) is 7.89. The van der Waals surface area contributed by atoms with Crippen LogP contribution in [0.5, 0.6) is 0 Å². The Morgan fingerprint density at radius 3 is 2.73 bits per heavy atom. The van der Waals surface area contributed by atoms with Crippen LogP contribution in [0.1, 0.15) is 37.0 Å². The quantitative estimate of drug-likeness (QED) is 0.873. The van der Waals surface area contributed by atoms with E-state index < -0.39 is 10.0 Å². The molecule has 0 aliphatic carbocycles. The smallest absolute Gasteiger partial charge is 0.251 e. The highest BCUT2D eigenvalue weighted by Crippen LogP contribution is 2.24. The first-order chi connectivity index (χ1) is 10.2. The van der Waals surface area contributed by atoms with Crippen molar-refractivity contribution < 1.29 is 17.9 Å². The fourth-order valence-electron chi connectivity index (χ4n) is 2.55. The van der Waals surface area contributed by atoms with Gasteiger partial charge in [-0.1, -0.05) is 6.07 Å². The summed E-state index contributed by atoms with van der Waals surface area (Å²) >= 11 is 0. The molecule has 122 valence electrons. The molecule has 1 saturated heterocycles. The summed E-state index contributed by atoms with van der Waals surface area (Å²) in [7, 11) is -2.22. The van der Waals surface area contributed by atoms with Crippen LogP contribution in [0, 0.1) is 0 Å². The molecule has 1 aliphatic rings. The average Bonchev–Trinajstić information content (AvgIpc) is 2.46. The molecular formula is C15H22N2O4S. The number of rotatable bonds is 4. The van der Waals surface area contributed by atoms with Crippen molar-refractivity contribution in [3.63, 3.8) is 0 Å². The molecule has 1 atom stereocenters. The Kier molecular flexibility index (Phi) is 4.89. The molecule has 0 spiro atoms. The Morgan fingerprint density at radius 1 is 1.36 bits per heavy atom. The van der Waals surface area contributed by atoms with Crippen LogP contribution in [-0.2, 0) is 14.8 Å². The molecule has 2 rings (SSSR count). The fraction of sp³-hybridized carbons (Fsp3) is 0.533. The molecular weight excluding hydrogens is 304 g/mol. The van der Waals surface area contributed by atoms with Crippen molar-refractivity contribution in [1.29, 1.82) is 0 Å². The minimum Gasteiger partial charge on any atom is -0.375 e. The Hall–Kier alpha value is -1.44. The van der Waals surface area contributed by atoms with Gasteiger partial charge in [-0.25, -0.2) is 13.1 Å². The largest absolute Gasteiger partial charge is 0.375 e. The predicted octanol–water partition coefficient (Wildman–Crippen LogP) is 1.28. The van der Waals surface area contributed by atoms with Gasteiger partial charge in [0.25, 0.3) is 5.91 Å². The minimum atomic E-state index is -3.56. The van der Waals surface area contributed by atoms with Gasteiger partial charge in [0.15, 0.2) is 0 Å². The number of ether oxygens (including phenoxy) is 1. The second kappa shape index (κ2) is 6.36. The lowest BCUT2D eigenvalue weighted by molar-refractivity contribution is -0.0615. The Morgan fingerprint density at radius 2 is 2.09 bits per heavy atom. The lowest BCUT2D eigenvalue weighted by Crippen LogP contribution is -2.45. The Bertz CT molecular complexity index is 655. The van der Waals surface area contributed by atoms with Crippen molar-refractivity contribution in [2.24, 2.45) is 0 Å². The fourth-order valence-corrected chi connectivity index (χ4v) is 3.32. The highest BCUT2D eigenvalue weighted by molar-refractivity contribution is 7.89. The highest BCUT2D eigenvalue weighted by atomic mass is 32.2. The summed E-state index contributed by atoms with van der Waals surface area (Å²) < 4.78 is 31.4. The maximum absolute atomic E-state index is 12.3. The molecule has 1 aromatic carbocycles. The first kappa shape index (κ1) is 16.9. The van der Waals surface area contributed by atoms with Crippen molar-refractivity contribution in [3.8, 4) is 0 Å².